The lowest BCUT2D eigenvalue weighted by Crippen LogP contribution is -2.44. The highest BCUT2D eigenvalue weighted by atomic mass is 32.1. The van der Waals surface area contributed by atoms with Crippen LogP contribution in [0.4, 0.5) is 5.95 Å². The van der Waals surface area contributed by atoms with Gasteiger partial charge in [-0.2, -0.15) is 0 Å². The van der Waals surface area contributed by atoms with E-state index in [1.165, 1.54) is 0 Å². The Morgan fingerprint density at radius 2 is 2.50 bits per heavy atom. The molecule has 0 amide bonds. The van der Waals surface area contributed by atoms with E-state index in [1.807, 2.05) is 0 Å². The minimum absolute atomic E-state index is 0.139. The summed E-state index contributed by atoms with van der Waals surface area (Å²) in [7, 11) is 0. The summed E-state index contributed by atoms with van der Waals surface area (Å²) in [5.41, 5.74) is 5.71. The molecule has 0 radical (unpaired) electrons. The Balaban J connectivity index is 2.02. The van der Waals surface area contributed by atoms with Gasteiger partial charge in [0.1, 0.15) is 0 Å². The quantitative estimate of drug-likeness (QED) is 0.744. The molecule has 1 aromatic heterocycles. The van der Waals surface area contributed by atoms with Crippen molar-refractivity contribution in [2.75, 3.05) is 32.0 Å². The average molecular weight is 243 g/mol. The molecule has 0 aliphatic carbocycles. The lowest BCUT2D eigenvalue weighted by molar-refractivity contribution is -0.0342. The Kier molecular flexibility index (Phi) is 3.57. The van der Waals surface area contributed by atoms with Gasteiger partial charge in [0.25, 0.3) is 0 Å². The summed E-state index contributed by atoms with van der Waals surface area (Å²) in [6, 6.07) is 0. The second kappa shape index (κ2) is 4.94. The smallest absolute Gasteiger partial charge is 0.220 e. The summed E-state index contributed by atoms with van der Waals surface area (Å²) in [6.07, 6.45) is 0.139. The third kappa shape index (κ3) is 2.42. The van der Waals surface area contributed by atoms with E-state index in [-0.39, 0.29) is 6.10 Å². The third-order valence-corrected chi connectivity index (χ3v) is 3.16. The maximum Gasteiger partial charge on any atom is 0.220 e. The van der Waals surface area contributed by atoms with Gasteiger partial charge in [-0.3, -0.25) is 9.47 Å². The van der Waals surface area contributed by atoms with Crippen LogP contribution >= 0.6 is 12.2 Å². The number of aromatic nitrogens is 3. The number of anilines is 1. The van der Waals surface area contributed by atoms with Crippen LogP contribution in [0.2, 0.25) is 0 Å². The molecule has 16 heavy (non-hydrogen) atoms. The second-order valence-electron chi connectivity index (χ2n) is 3.88. The zero-order valence-electron chi connectivity index (χ0n) is 9.35. The summed E-state index contributed by atoms with van der Waals surface area (Å²) < 4.78 is 8.01. The van der Waals surface area contributed by atoms with Gasteiger partial charge in [0.2, 0.25) is 5.95 Å². The predicted molar refractivity (Wildman–Crippen MR) is 63.7 cm³/mol. The van der Waals surface area contributed by atoms with Gasteiger partial charge in [0.15, 0.2) is 4.77 Å². The van der Waals surface area contributed by atoms with E-state index in [1.54, 1.807) is 4.57 Å². The molecule has 0 bridgehead atoms. The highest BCUT2D eigenvalue weighted by molar-refractivity contribution is 7.71. The summed E-state index contributed by atoms with van der Waals surface area (Å²) in [5, 5.41) is 6.55. The van der Waals surface area contributed by atoms with Crippen LogP contribution in [0.3, 0.4) is 0 Å². The van der Waals surface area contributed by atoms with Crippen LogP contribution < -0.4 is 5.73 Å². The number of nitrogens with one attached hydrogen (secondary N) is 1. The fourth-order valence-corrected chi connectivity index (χ4v) is 2.10. The standard InChI is InChI=1S/C9H17N5OS/c1-2-13-3-4-15-7(5-13)6-14-8(10)11-12-9(14)16/h7H,2-6H2,1H3,(H2,10,11)(H,12,16). The summed E-state index contributed by atoms with van der Waals surface area (Å²) >= 11 is 5.09. The van der Waals surface area contributed by atoms with E-state index in [2.05, 4.69) is 22.0 Å². The number of morpholine rings is 1. The maximum atomic E-state index is 5.71. The SMILES string of the molecule is CCN1CCOC(Cn2c(N)n[nH]c2=S)C1. The molecule has 1 unspecified atom stereocenters. The Morgan fingerprint density at radius 3 is 3.12 bits per heavy atom. The molecule has 2 heterocycles. The number of nitrogen functional groups attached to an aromatic ring is 1. The molecule has 2 rings (SSSR count). The van der Waals surface area contributed by atoms with Crippen molar-refractivity contribution in [1.82, 2.24) is 19.7 Å². The van der Waals surface area contributed by atoms with Gasteiger partial charge in [-0.1, -0.05) is 6.92 Å². The highest BCUT2D eigenvalue weighted by Gasteiger charge is 2.20. The number of nitrogens with two attached hydrogens (primary N) is 1. The number of rotatable bonds is 3. The zero-order chi connectivity index (χ0) is 11.5. The normalized spacial score (nSPS) is 22.4. The molecule has 90 valence electrons. The Bertz CT molecular complexity index is 401. The molecule has 6 nitrogen and oxygen atoms in total. The van der Waals surface area contributed by atoms with Gasteiger partial charge in [0.05, 0.1) is 19.3 Å². The first-order valence-electron chi connectivity index (χ1n) is 5.45. The first-order valence-corrected chi connectivity index (χ1v) is 5.86. The van der Waals surface area contributed by atoms with Gasteiger partial charge >= 0.3 is 0 Å². The Hall–Kier alpha value is -0.920. The summed E-state index contributed by atoms with van der Waals surface area (Å²) in [6.45, 7) is 6.55. The largest absolute Gasteiger partial charge is 0.374 e. The van der Waals surface area contributed by atoms with E-state index in [0.717, 1.165) is 26.2 Å². The van der Waals surface area contributed by atoms with Gasteiger partial charge < -0.3 is 10.5 Å². The van der Waals surface area contributed by atoms with Gasteiger partial charge in [-0.15, -0.1) is 5.10 Å². The second-order valence-corrected chi connectivity index (χ2v) is 4.27. The van der Waals surface area contributed by atoms with E-state index < -0.39 is 0 Å². The van der Waals surface area contributed by atoms with E-state index in [9.17, 15) is 0 Å². The molecule has 1 saturated heterocycles. The monoisotopic (exact) mass is 243 g/mol. The predicted octanol–water partition coefficient (Wildman–Crippen LogP) is 0.244. The van der Waals surface area contributed by atoms with Crippen molar-refractivity contribution in [2.24, 2.45) is 0 Å². The van der Waals surface area contributed by atoms with Crippen molar-refractivity contribution in [1.29, 1.82) is 0 Å². The van der Waals surface area contributed by atoms with Gasteiger partial charge in [0, 0.05) is 13.1 Å². The van der Waals surface area contributed by atoms with E-state index >= 15 is 0 Å². The van der Waals surface area contributed by atoms with E-state index in [0.29, 0.717) is 17.3 Å². The fraction of sp³-hybridized carbons (Fsp3) is 0.778. The van der Waals surface area contributed by atoms with Crippen LogP contribution in [-0.2, 0) is 11.3 Å². The molecule has 0 spiro atoms. The molecular weight excluding hydrogens is 226 g/mol. The summed E-state index contributed by atoms with van der Waals surface area (Å²) in [5.74, 6) is 0.419. The number of aromatic amines is 1. The van der Waals surface area contributed by atoms with Crippen molar-refractivity contribution in [3.63, 3.8) is 0 Å². The van der Waals surface area contributed by atoms with Crippen LogP contribution in [0, 0.1) is 4.77 Å². The van der Waals surface area contributed by atoms with Crippen LogP contribution in [0.15, 0.2) is 0 Å². The third-order valence-electron chi connectivity index (χ3n) is 2.84. The Labute approximate surface area is 99.4 Å². The minimum atomic E-state index is 0.139. The van der Waals surface area contributed by atoms with Crippen LogP contribution in [0.25, 0.3) is 0 Å². The number of likely N-dealkylation sites (N-methyl/N-ethyl adjacent to an activating group) is 1. The first kappa shape index (κ1) is 11.6. The van der Waals surface area contributed by atoms with Crippen molar-refractivity contribution >= 4 is 18.2 Å². The lowest BCUT2D eigenvalue weighted by Gasteiger charge is -2.32. The number of hydrogen-bond donors (Lipinski definition) is 2. The van der Waals surface area contributed by atoms with Gasteiger partial charge in [-0.05, 0) is 18.8 Å². The van der Waals surface area contributed by atoms with Gasteiger partial charge in [-0.25, -0.2) is 5.10 Å². The number of hydrogen-bond acceptors (Lipinski definition) is 5. The van der Waals surface area contributed by atoms with Crippen molar-refractivity contribution in [3.05, 3.63) is 4.77 Å². The molecule has 1 aliphatic rings. The first-order chi connectivity index (χ1) is 7.70. The van der Waals surface area contributed by atoms with Crippen LogP contribution in [-0.4, -0.2) is 52.0 Å². The average Bonchev–Trinajstić information content (AvgIpc) is 2.61. The number of H-pyrrole nitrogens is 1. The Morgan fingerprint density at radius 1 is 1.69 bits per heavy atom. The minimum Gasteiger partial charge on any atom is -0.374 e. The molecule has 0 aromatic carbocycles. The number of nitrogens with zero attached hydrogens (tertiary/aromatic N) is 3. The molecule has 1 fully saturated rings. The molecule has 3 N–H and O–H groups in total. The maximum absolute atomic E-state index is 5.71. The van der Waals surface area contributed by atoms with Crippen molar-refractivity contribution in [2.45, 2.75) is 19.6 Å². The summed E-state index contributed by atoms with van der Waals surface area (Å²) in [4.78, 5) is 2.36. The topological polar surface area (TPSA) is 72.1 Å². The fourth-order valence-electron chi connectivity index (χ4n) is 1.89. The van der Waals surface area contributed by atoms with Crippen molar-refractivity contribution in [3.8, 4) is 0 Å². The lowest BCUT2D eigenvalue weighted by atomic mass is 10.2. The number of ether oxygens (including phenoxy) is 1. The molecule has 1 aliphatic heterocycles. The molecule has 1 aromatic rings. The van der Waals surface area contributed by atoms with Crippen molar-refractivity contribution < 1.29 is 4.74 Å². The molecule has 0 saturated carbocycles. The molecule has 1 atom stereocenters. The zero-order valence-corrected chi connectivity index (χ0v) is 10.2. The highest BCUT2D eigenvalue weighted by Crippen LogP contribution is 2.09. The molecule has 7 heteroatoms. The van der Waals surface area contributed by atoms with E-state index in [4.69, 9.17) is 22.7 Å². The molecular formula is C9H17N5OS. The van der Waals surface area contributed by atoms with Crippen LogP contribution in [0.5, 0.6) is 0 Å². The van der Waals surface area contributed by atoms with Crippen LogP contribution in [0.1, 0.15) is 6.92 Å².